The first-order valence-corrected chi connectivity index (χ1v) is 11.9. The molecule has 2 rings (SSSR count). The molecule has 0 saturated carbocycles. The summed E-state index contributed by atoms with van der Waals surface area (Å²) in [5.41, 5.74) is 2.73. The quantitative estimate of drug-likeness (QED) is 0.274. The summed E-state index contributed by atoms with van der Waals surface area (Å²) >= 11 is 0. The van der Waals surface area contributed by atoms with E-state index in [2.05, 4.69) is 54.9 Å². The number of aromatic nitrogens is 2. The highest BCUT2D eigenvalue weighted by Crippen LogP contribution is 2.14. The highest BCUT2D eigenvalue weighted by atomic mass is 15.1. The van der Waals surface area contributed by atoms with Crippen molar-refractivity contribution >= 4 is 0 Å². The van der Waals surface area contributed by atoms with Crippen LogP contribution in [0.1, 0.15) is 102 Å². The van der Waals surface area contributed by atoms with Gasteiger partial charge in [0.15, 0.2) is 0 Å². The summed E-state index contributed by atoms with van der Waals surface area (Å²) < 4.78 is 2.46. The minimum absolute atomic E-state index is 1.10. The molecule has 2 nitrogen and oxygen atoms in total. The van der Waals surface area contributed by atoms with Crippen molar-refractivity contribution in [2.75, 3.05) is 0 Å². The fourth-order valence-electron chi connectivity index (χ4n) is 3.92. The maximum absolute atomic E-state index is 5.03. The third-order valence-corrected chi connectivity index (χ3v) is 5.66. The Labute approximate surface area is 173 Å². The van der Waals surface area contributed by atoms with E-state index in [1.807, 2.05) is 0 Å². The molecule has 0 radical (unpaired) electrons. The summed E-state index contributed by atoms with van der Waals surface area (Å²) in [4.78, 5) is 5.03. The van der Waals surface area contributed by atoms with E-state index in [-0.39, 0.29) is 0 Å². The largest absolute Gasteiger partial charge is 0.335 e. The van der Waals surface area contributed by atoms with Crippen molar-refractivity contribution in [1.29, 1.82) is 0 Å². The molecule has 1 heterocycles. The van der Waals surface area contributed by atoms with Gasteiger partial charge in [0.1, 0.15) is 5.82 Å². The number of nitrogens with zero attached hydrogens (tertiary/aromatic N) is 2. The molecule has 0 bridgehead atoms. The number of aryl methyl sites for hydroxylation is 4. The number of benzene rings is 1. The molecule has 1 aromatic heterocycles. The first-order chi connectivity index (χ1) is 13.8. The maximum atomic E-state index is 5.03. The van der Waals surface area contributed by atoms with Crippen LogP contribution in [0.25, 0.3) is 0 Å². The Kier molecular flexibility index (Phi) is 11.7. The Morgan fingerprint density at radius 2 is 1.36 bits per heavy atom. The third kappa shape index (κ3) is 9.08. The average molecular weight is 383 g/mol. The molecule has 0 aliphatic carbocycles. The Balaban J connectivity index is 1.79. The van der Waals surface area contributed by atoms with Gasteiger partial charge in [0.2, 0.25) is 0 Å². The summed E-state index contributed by atoms with van der Waals surface area (Å²) in [5.74, 6) is 1.33. The fourth-order valence-corrected chi connectivity index (χ4v) is 3.92. The molecule has 2 heteroatoms. The minimum atomic E-state index is 1.10. The van der Waals surface area contributed by atoms with Gasteiger partial charge >= 0.3 is 0 Å². The summed E-state index contributed by atoms with van der Waals surface area (Å²) in [6.45, 7) is 5.71. The molecular weight excluding hydrogens is 340 g/mol. The van der Waals surface area contributed by atoms with Crippen LogP contribution < -0.4 is 0 Å². The van der Waals surface area contributed by atoms with Crippen molar-refractivity contribution in [2.24, 2.45) is 0 Å². The van der Waals surface area contributed by atoms with E-state index in [1.54, 1.807) is 0 Å². The lowest BCUT2D eigenvalue weighted by Crippen LogP contribution is -2.03. The van der Waals surface area contributed by atoms with E-state index in [9.17, 15) is 0 Å². The van der Waals surface area contributed by atoms with Crippen molar-refractivity contribution in [3.05, 3.63) is 53.6 Å². The van der Waals surface area contributed by atoms with Crippen molar-refractivity contribution in [3.8, 4) is 0 Å². The Hall–Kier alpha value is -1.57. The zero-order valence-corrected chi connectivity index (χ0v) is 18.5. The van der Waals surface area contributed by atoms with Crippen LogP contribution in [0, 0.1) is 0 Å². The van der Waals surface area contributed by atoms with Crippen LogP contribution in [0.4, 0.5) is 0 Å². The van der Waals surface area contributed by atoms with Gasteiger partial charge in [-0.2, -0.15) is 0 Å². The van der Waals surface area contributed by atoms with Gasteiger partial charge in [0.25, 0.3) is 0 Å². The van der Waals surface area contributed by atoms with Gasteiger partial charge in [-0.15, -0.1) is 0 Å². The Morgan fingerprint density at radius 1 is 0.679 bits per heavy atom. The molecule has 0 aliphatic heterocycles. The van der Waals surface area contributed by atoms with E-state index in [1.165, 1.54) is 87.7 Å². The molecule has 28 heavy (non-hydrogen) atoms. The van der Waals surface area contributed by atoms with Crippen LogP contribution in [-0.4, -0.2) is 9.55 Å². The second-order valence-electron chi connectivity index (χ2n) is 8.26. The lowest BCUT2D eigenvalue weighted by atomic mass is 10.1. The second kappa shape index (κ2) is 14.4. The monoisotopic (exact) mass is 382 g/mol. The normalized spacial score (nSPS) is 11.2. The van der Waals surface area contributed by atoms with Crippen molar-refractivity contribution in [3.63, 3.8) is 0 Å². The van der Waals surface area contributed by atoms with Crippen LogP contribution >= 0.6 is 0 Å². The lowest BCUT2D eigenvalue weighted by Gasteiger charge is -2.07. The SMILES string of the molecule is CCCCCCCCCc1nc(CCCc2ccccc2)cn1CCCCC. The van der Waals surface area contributed by atoms with E-state index in [0.717, 1.165) is 25.8 Å². The zero-order chi connectivity index (χ0) is 19.9. The molecular formula is C26H42N2. The van der Waals surface area contributed by atoms with Crippen LogP contribution in [0.15, 0.2) is 36.5 Å². The van der Waals surface area contributed by atoms with Crippen LogP contribution in [-0.2, 0) is 25.8 Å². The molecule has 156 valence electrons. The van der Waals surface area contributed by atoms with E-state index in [0.29, 0.717) is 0 Å². The average Bonchev–Trinajstić information content (AvgIpc) is 3.10. The first-order valence-electron chi connectivity index (χ1n) is 11.9. The number of rotatable bonds is 16. The van der Waals surface area contributed by atoms with Crippen LogP contribution in [0.2, 0.25) is 0 Å². The summed E-state index contributed by atoms with van der Waals surface area (Å²) in [6, 6.07) is 10.8. The van der Waals surface area contributed by atoms with Gasteiger partial charge in [-0.05, 0) is 37.7 Å². The summed E-state index contributed by atoms with van der Waals surface area (Å²) in [7, 11) is 0. The zero-order valence-electron chi connectivity index (χ0n) is 18.5. The molecule has 0 amide bonds. The fraction of sp³-hybridized carbons (Fsp3) is 0.654. The predicted molar refractivity (Wildman–Crippen MR) is 122 cm³/mol. The molecule has 0 unspecified atom stereocenters. The number of hydrogen-bond acceptors (Lipinski definition) is 1. The Bertz CT molecular complexity index is 615. The van der Waals surface area contributed by atoms with E-state index in [4.69, 9.17) is 4.98 Å². The minimum Gasteiger partial charge on any atom is -0.335 e. The molecule has 0 fully saturated rings. The molecule has 1 aromatic carbocycles. The predicted octanol–water partition coefficient (Wildman–Crippen LogP) is 7.54. The topological polar surface area (TPSA) is 17.8 Å². The second-order valence-corrected chi connectivity index (χ2v) is 8.26. The molecule has 0 saturated heterocycles. The van der Waals surface area contributed by atoms with E-state index < -0.39 is 0 Å². The molecule has 0 atom stereocenters. The highest BCUT2D eigenvalue weighted by Gasteiger charge is 2.08. The Morgan fingerprint density at radius 3 is 2.11 bits per heavy atom. The molecule has 0 N–H and O–H groups in total. The number of imidazole rings is 1. The number of unbranched alkanes of at least 4 members (excludes halogenated alkanes) is 8. The smallest absolute Gasteiger partial charge is 0.108 e. The molecule has 2 aromatic rings. The van der Waals surface area contributed by atoms with Crippen LogP contribution in [0.3, 0.4) is 0 Å². The lowest BCUT2D eigenvalue weighted by molar-refractivity contribution is 0.553. The summed E-state index contributed by atoms with van der Waals surface area (Å²) in [5, 5.41) is 0. The van der Waals surface area contributed by atoms with Gasteiger partial charge < -0.3 is 4.57 Å². The third-order valence-electron chi connectivity index (χ3n) is 5.66. The van der Waals surface area contributed by atoms with E-state index >= 15 is 0 Å². The highest BCUT2D eigenvalue weighted by molar-refractivity contribution is 5.15. The molecule has 0 aliphatic rings. The van der Waals surface area contributed by atoms with Crippen molar-refractivity contribution in [1.82, 2.24) is 9.55 Å². The maximum Gasteiger partial charge on any atom is 0.108 e. The first kappa shape index (κ1) is 22.7. The van der Waals surface area contributed by atoms with Gasteiger partial charge in [-0.3, -0.25) is 0 Å². The van der Waals surface area contributed by atoms with Gasteiger partial charge in [-0.1, -0.05) is 95.5 Å². The van der Waals surface area contributed by atoms with Gasteiger partial charge in [0.05, 0.1) is 5.69 Å². The van der Waals surface area contributed by atoms with Gasteiger partial charge in [-0.25, -0.2) is 4.98 Å². The van der Waals surface area contributed by atoms with Crippen LogP contribution in [0.5, 0.6) is 0 Å². The standard InChI is InChI=1S/C26H42N2/c1-3-5-7-8-9-10-14-21-26-27-25(23-28(26)22-15-6-4-2)20-16-19-24-17-12-11-13-18-24/h11-13,17-18,23H,3-10,14-16,19-22H2,1-2H3. The summed E-state index contributed by atoms with van der Waals surface area (Å²) in [6.07, 6.45) is 20.4. The van der Waals surface area contributed by atoms with Crippen molar-refractivity contribution in [2.45, 2.75) is 110 Å². The van der Waals surface area contributed by atoms with Crippen molar-refractivity contribution < 1.29 is 0 Å². The van der Waals surface area contributed by atoms with Gasteiger partial charge in [0, 0.05) is 19.2 Å². The number of hydrogen-bond donors (Lipinski definition) is 0. The molecule has 0 spiro atoms.